The molecule has 0 heterocycles. The number of carbonyl (C=O) groups excluding carboxylic acids is 2. The molecule has 0 spiro atoms. The third-order valence-electron chi connectivity index (χ3n) is 3.45. The smallest absolute Gasteiger partial charge is 0.340 e. The van der Waals surface area contributed by atoms with E-state index in [-0.39, 0.29) is 29.5 Å². The van der Waals surface area contributed by atoms with Crippen LogP contribution in [-0.2, 0) is 9.47 Å². The summed E-state index contributed by atoms with van der Waals surface area (Å²) in [7, 11) is 0. The van der Waals surface area contributed by atoms with Gasteiger partial charge in [0.05, 0.1) is 40.1 Å². The van der Waals surface area contributed by atoms with E-state index in [2.05, 4.69) is 10.6 Å². The summed E-state index contributed by atoms with van der Waals surface area (Å²) in [5.74, 6) is -1.05. The fraction of sp³-hybridized carbons (Fsp3) is 0.211. The van der Waals surface area contributed by atoms with Crippen molar-refractivity contribution in [3.05, 3.63) is 57.6 Å². The molecular weight excluding hydrogens is 423 g/mol. The highest BCUT2D eigenvalue weighted by atomic mass is 35.5. The lowest BCUT2D eigenvalue weighted by atomic mass is 10.1. The third kappa shape index (κ3) is 5.82. The van der Waals surface area contributed by atoms with Gasteiger partial charge in [0.1, 0.15) is 0 Å². The van der Waals surface area contributed by atoms with Crippen LogP contribution in [0.25, 0.3) is 0 Å². The summed E-state index contributed by atoms with van der Waals surface area (Å²) in [5.41, 5.74) is 1.41. The molecule has 2 rings (SSSR count). The minimum absolute atomic E-state index is 0.185. The Morgan fingerprint density at radius 2 is 1.61 bits per heavy atom. The number of carbonyl (C=O) groups is 2. The summed E-state index contributed by atoms with van der Waals surface area (Å²) in [6.07, 6.45) is 0. The van der Waals surface area contributed by atoms with Gasteiger partial charge in [-0.1, -0.05) is 23.2 Å². The Hall–Kier alpha value is -2.35. The molecule has 0 saturated heterocycles. The van der Waals surface area contributed by atoms with Crippen LogP contribution in [0.4, 0.5) is 11.4 Å². The molecule has 0 amide bonds. The van der Waals surface area contributed by atoms with Gasteiger partial charge >= 0.3 is 11.9 Å². The molecule has 0 aliphatic rings. The molecule has 2 N–H and O–H groups in total. The molecule has 6 nitrogen and oxygen atoms in total. The first kappa shape index (κ1) is 21.9. The molecule has 0 unspecified atom stereocenters. The molecule has 148 valence electrons. The monoisotopic (exact) mass is 440 g/mol. The molecule has 0 aromatic heterocycles. The Kier molecular flexibility index (Phi) is 8.04. The molecule has 2 aromatic rings. The largest absolute Gasteiger partial charge is 0.462 e. The van der Waals surface area contributed by atoms with E-state index in [9.17, 15) is 9.59 Å². The van der Waals surface area contributed by atoms with Crippen LogP contribution < -0.4 is 10.6 Å². The number of hydrogen-bond acceptors (Lipinski definition) is 5. The number of rotatable bonds is 6. The number of halogens is 2. The molecule has 2 aromatic carbocycles. The molecule has 0 aliphatic carbocycles. The standard InChI is InChI=1S/C19H18Cl2N2O4S/c1-3-26-17(24)11-5-7-13(18(25)27-4-2)16(9-11)23-19(28)22-12-6-8-14(20)15(21)10-12/h5-10H,3-4H2,1-2H3,(H2,22,23,28). The number of ether oxygens (including phenoxy) is 2. The average Bonchev–Trinajstić information content (AvgIpc) is 2.65. The molecule has 28 heavy (non-hydrogen) atoms. The summed E-state index contributed by atoms with van der Waals surface area (Å²) in [6, 6.07) is 9.38. The van der Waals surface area contributed by atoms with Crippen LogP contribution in [-0.4, -0.2) is 30.3 Å². The number of nitrogens with one attached hydrogen (secondary N) is 2. The highest BCUT2D eigenvalue weighted by molar-refractivity contribution is 7.80. The lowest BCUT2D eigenvalue weighted by Gasteiger charge is -2.15. The number of esters is 2. The first-order valence-corrected chi connectivity index (χ1v) is 9.53. The van der Waals surface area contributed by atoms with Crippen LogP contribution >= 0.6 is 35.4 Å². The van der Waals surface area contributed by atoms with Crippen molar-refractivity contribution in [2.75, 3.05) is 23.8 Å². The maximum Gasteiger partial charge on any atom is 0.340 e. The van der Waals surface area contributed by atoms with E-state index < -0.39 is 11.9 Å². The zero-order valence-corrected chi connectivity index (χ0v) is 17.5. The SMILES string of the molecule is CCOC(=O)c1ccc(C(=O)OCC)c(NC(=S)Nc2ccc(Cl)c(Cl)c2)c1. The second-order valence-electron chi connectivity index (χ2n) is 5.41. The van der Waals surface area contributed by atoms with Crippen molar-refractivity contribution in [1.29, 1.82) is 0 Å². The first-order chi connectivity index (χ1) is 13.3. The van der Waals surface area contributed by atoms with Crippen LogP contribution in [0.15, 0.2) is 36.4 Å². The topological polar surface area (TPSA) is 76.7 Å². The van der Waals surface area contributed by atoms with Crippen LogP contribution in [0.3, 0.4) is 0 Å². The summed E-state index contributed by atoms with van der Waals surface area (Å²) < 4.78 is 10.1. The van der Waals surface area contributed by atoms with Crippen LogP contribution in [0, 0.1) is 0 Å². The van der Waals surface area contributed by atoms with Crippen molar-refractivity contribution < 1.29 is 19.1 Å². The van der Waals surface area contributed by atoms with Gasteiger partial charge in [0.25, 0.3) is 0 Å². The van der Waals surface area contributed by atoms with E-state index in [0.29, 0.717) is 21.4 Å². The van der Waals surface area contributed by atoms with Gasteiger partial charge in [0.15, 0.2) is 5.11 Å². The Bertz CT molecular complexity index is 905. The van der Waals surface area contributed by atoms with E-state index in [1.807, 2.05) is 0 Å². The van der Waals surface area contributed by atoms with E-state index >= 15 is 0 Å². The number of anilines is 2. The molecule has 0 aliphatic heterocycles. The number of benzene rings is 2. The second kappa shape index (κ2) is 10.3. The van der Waals surface area contributed by atoms with Gasteiger partial charge < -0.3 is 20.1 Å². The van der Waals surface area contributed by atoms with E-state index in [1.54, 1.807) is 32.0 Å². The summed E-state index contributed by atoms with van der Waals surface area (Å²) in [4.78, 5) is 24.2. The van der Waals surface area contributed by atoms with Gasteiger partial charge in [-0.15, -0.1) is 0 Å². The highest BCUT2D eigenvalue weighted by Gasteiger charge is 2.17. The van der Waals surface area contributed by atoms with Crippen LogP contribution in [0.1, 0.15) is 34.6 Å². The van der Waals surface area contributed by atoms with Crippen LogP contribution in [0.5, 0.6) is 0 Å². The molecule has 9 heteroatoms. The average molecular weight is 441 g/mol. The third-order valence-corrected chi connectivity index (χ3v) is 4.39. The fourth-order valence-electron chi connectivity index (χ4n) is 2.23. The van der Waals surface area contributed by atoms with Crippen molar-refractivity contribution in [3.63, 3.8) is 0 Å². The highest BCUT2D eigenvalue weighted by Crippen LogP contribution is 2.25. The Morgan fingerprint density at radius 3 is 2.25 bits per heavy atom. The summed E-state index contributed by atoms with van der Waals surface area (Å²) >= 11 is 17.2. The Morgan fingerprint density at radius 1 is 0.929 bits per heavy atom. The van der Waals surface area contributed by atoms with Gasteiger partial charge in [-0.05, 0) is 62.5 Å². The van der Waals surface area contributed by atoms with Gasteiger partial charge in [-0.2, -0.15) is 0 Å². The molecule has 0 saturated carbocycles. The molecule has 0 radical (unpaired) electrons. The predicted molar refractivity (Wildman–Crippen MR) is 115 cm³/mol. The predicted octanol–water partition coefficient (Wildman–Crippen LogP) is 5.16. The second-order valence-corrected chi connectivity index (χ2v) is 6.63. The van der Waals surface area contributed by atoms with Crippen molar-refractivity contribution in [2.45, 2.75) is 13.8 Å². The number of thiocarbonyl (C=S) groups is 1. The van der Waals surface area contributed by atoms with Crippen molar-refractivity contribution >= 4 is 63.8 Å². The quantitative estimate of drug-likeness (QED) is 0.474. The lowest BCUT2D eigenvalue weighted by Crippen LogP contribution is -2.21. The van der Waals surface area contributed by atoms with E-state index in [0.717, 1.165) is 0 Å². The maximum atomic E-state index is 12.2. The Labute approximate surface area is 178 Å². The molecular formula is C19H18Cl2N2O4S. The van der Waals surface area contributed by atoms with Crippen molar-refractivity contribution in [2.24, 2.45) is 0 Å². The normalized spacial score (nSPS) is 10.1. The lowest BCUT2D eigenvalue weighted by molar-refractivity contribution is 0.0512. The van der Waals surface area contributed by atoms with Gasteiger partial charge in [0, 0.05) is 5.69 Å². The zero-order chi connectivity index (χ0) is 20.7. The molecule has 0 atom stereocenters. The van der Waals surface area contributed by atoms with Crippen molar-refractivity contribution in [1.82, 2.24) is 0 Å². The minimum Gasteiger partial charge on any atom is -0.462 e. The number of hydrogen-bond donors (Lipinski definition) is 2. The van der Waals surface area contributed by atoms with Gasteiger partial charge in [-0.3, -0.25) is 0 Å². The van der Waals surface area contributed by atoms with Gasteiger partial charge in [-0.25, -0.2) is 9.59 Å². The van der Waals surface area contributed by atoms with E-state index in [1.165, 1.54) is 18.2 Å². The first-order valence-electron chi connectivity index (χ1n) is 8.37. The minimum atomic E-state index is -0.544. The molecule has 0 fully saturated rings. The van der Waals surface area contributed by atoms with E-state index in [4.69, 9.17) is 44.9 Å². The zero-order valence-electron chi connectivity index (χ0n) is 15.2. The summed E-state index contributed by atoms with van der Waals surface area (Å²) in [5, 5.41) is 6.81. The fourth-order valence-corrected chi connectivity index (χ4v) is 2.76. The van der Waals surface area contributed by atoms with Gasteiger partial charge in [0.2, 0.25) is 0 Å². The summed E-state index contributed by atoms with van der Waals surface area (Å²) in [6.45, 7) is 3.86. The van der Waals surface area contributed by atoms with Crippen LogP contribution in [0.2, 0.25) is 10.0 Å². The maximum absolute atomic E-state index is 12.2. The van der Waals surface area contributed by atoms with Crippen molar-refractivity contribution in [3.8, 4) is 0 Å². The Balaban J connectivity index is 2.27. The molecule has 0 bridgehead atoms.